The summed E-state index contributed by atoms with van der Waals surface area (Å²) in [5.41, 5.74) is 1.23. The average molecular weight is 563 g/mol. The van der Waals surface area contributed by atoms with Crippen LogP contribution in [0.3, 0.4) is 0 Å². The van der Waals surface area contributed by atoms with E-state index in [1.54, 1.807) is 30.3 Å². The van der Waals surface area contributed by atoms with Gasteiger partial charge in [0.05, 0.1) is 26.4 Å². The van der Waals surface area contributed by atoms with E-state index in [1.165, 1.54) is 26.4 Å². The molecular weight excluding hydrogens is 537 g/mol. The van der Waals surface area contributed by atoms with Gasteiger partial charge >= 0.3 is 5.97 Å². The molecule has 1 atom stereocenters. The van der Waals surface area contributed by atoms with Gasteiger partial charge in [-0.25, -0.2) is 4.79 Å². The Labute approximate surface area is 224 Å². The summed E-state index contributed by atoms with van der Waals surface area (Å²) in [5.74, 6) is -0.109. The van der Waals surface area contributed by atoms with E-state index in [2.05, 4.69) is 16.0 Å². The van der Waals surface area contributed by atoms with E-state index >= 15 is 0 Å². The first-order valence-corrected chi connectivity index (χ1v) is 12.1. The van der Waals surface area contributed by atoms with Gasteiger partial charge in [-0.3, -0.25) is 4.79 Å². The standard InChI is InChI=1S/C23H26Cl3N3O5S/c1-4-5-12-34-20(31)14-6-9-16(10-7-14)27-22(35)29-21(23(24,25)26)28-19(30)15-8-11-17(32-2)18(13-15)33-3/h6-11,13,21H,4-5,12H2,1-3H3,(H,28,30)(H2,27,29,35)/t21-/m0/s1. The Kier molecular flexibility index (Phi) is 11.2. The van der Waals surface area contributed by atoms with Crippen LogP contribution in [0.15, 0.2) is 42.5 Å². The van der Waals surface area contributed by atoms with Gasteiger partial charge < -0.3 is 30.2 Å². The minimum atomic E-state index is -1.94. The third-order valence-corrected chi connectivity index (χ3v) is 5.51. The van der Waals surface area contributed by atoms with Crippen LogP contribution in [0.25, 0.3) is 0 Å². The summed E-state index contributed by atoms with van der Waals surface area (Å²) in [4.78, 5) is 24.8. The van der Waals surface area contributed by atoms with Crippen LogP contribution >= 0.6 is 47.0 Å². The summed E-state index contributed by atoms with van der Waals surface area (Å²) in [6.45, 7) is 2.39. The SMILES string of the molecule is CCCCOC(=O)c1ccc(NC(=S)N[C@H](NC(=O)c2ccc(OC)c(OC)c2)C(Cl)(Cl)Cl)cc1. The number of hydrogen-bond donors (Lipinski definition) is 3. The van der Waals surface area contributed by atoms with Crippen molar-refractivity contribution in [3.8, 4) is 11.5 Å². The highest BCUT2D eigenvalue weighted by atomic mass is 35.6. The number of thiocarbonyl (C=S) groups is 1. The molecule has 0 aliphatic carbocycles. The van der Waals surface area contributed by atoms with Gasteiger partial charge in [-0.05, 0) is 61.1 Å². The first-order chi connectivity index (χ1) is 16.6. The van der Waals surface area contributed by atoms with E-state index < -0.39 is 21.8 Å². The zero-order valence-electron chi connectivity index (χ0n) is 19.3. The molecule has 0 unspecified atom stereocenters. The summed E-state index contributed by atoms with van der Waals surface area (Å²) in [5, 5.41) is 8.36. The number of carbonyl (C=O) groups is 2. The number of rotatable bonds is 10. The highest BCUT2D eigenvalue weighted by Gasteiger charge is 2.35. The lowest BCUT2D eigenvalue weighted by Gasteiger charge is -2.28. The Morgan fingerprint density at radius 1 is 0.971 bits per heavy atom. The van der Waals surface area contributed by atoms with Crippen molar-refractivity contribution in [2.45, 2.75) is 29.7 Å². The van der Waals surface area contributed by atoms with Crippen molar-refractivity contribution < 1.29 is 23.8 Å². The van der Waals surface area contributed by atoms with Crippen LogP contribution in [0.4, 0.5) is 5.69 Å². The molecule has 3 N–H and O–H groups in total. The van der Waals surface area contributed by atoms with Crippen molar-refractivity contribution >= 4 is 69.7 Å². The predicted molar refractivity (Wildman–Crippen MR) is 142 cm³/mol. The monoisotopic (exact) mass is 561 g/mol. The molecule has 0 aliphatic rings. The van der Waals surface area contributed by atoms with Crippen LogP contribution in [-0.2, 0) is 4.74 Å². The van der Waals surface area contributed by atoms with E-state index in [4.69, 9.17) is 61.2 Å². The fourth-order valence-corrected chi connectivity index (χ4v) is 3.34. The van der Waals surface area contributed by atoms with Crippen LogP contribution in [0.1, 0.15) is 40.5 Å². The molecule has 35 heavy (non-hydrogen) atoms. The maximum atomic E-state index is 12.8. The molecule has 1 amide bonds. The highest BCUT2D eigenvalue weighted by Crippen LogP contribution is 2.30. The molecule has 2 aromatic carbocycles. The number of unbranched alkanes of at least 4 members (excludes halogenated alkanes) is 1. The van der Waals surface area contributed by atoms with Gasteiger partial charge in [0.1, 0.15) is 6.17 Å². The molecule has 190 valence electrons. The number of alkyl halides is 3. The molecule has 0 saturated carbocycles. The molecule has 0 saturated heterocycles. The normalized spacial score (nSPS) is 11.7. The smallest absolute Gasteiger partial charge is 0.338 e. The number of halogens is 3. The molecule has 0 heterocycles. The lowest BCUT2D eigenvalue weighted by Crippen LogP contribution is -2.56. The van der Waals surface area contributed by atoms with Gasteiger partial charge in [-0.1, -0.05) is 48.1 Å². The van der Waals surface area contributed by atoms with Crippen LogP contribution < -0.4 is 25.4 Å². The van der Waals surface area contributed by atoms with Crippen molar-refractivity contribution in [3.63, 3.8) is 0 Å². The van der Waals surface area contributed by atoms with Gasteiger partial charge in [0.25, 0.3) is 5.91 Å². The number of hydrogen-bond acceptors (Lipinski definition) is 6. The predicted octanol–water partition coefficient (Wildman–Crippen LogP) is 5.07. The summed E-state index contributed by atoms with van der Waals surface area (Å²) in [7, 11) is 2.94. The number of benzene rings is 2. The molecule has 2 aromatic rings. The second-order valence-corrected chi connectivity index (χ2v) is 9.96. The molecule has 0 radical (unpaired) electrons. The number of ether oxygens (including phenoxy) is 3. The van der Waals surface area contributed by atoms with E-state index in [0.29, 0.717) is 29.4 Å². The van der Waals surface area contributed by atoms with Crippen molar-refractivity contribution in [1.82, 2.24) is 10.6 Å². The third kappa shape index (κ3) is 8.92. The molecule has 0 bridgehead atoms. The Bertz CT molecular complexity index is 1030. The van der Waals surface area contributed by atoms with Crippen molar-refractivity contribution in [2.75, 3.05) is 26.1 Å². The molecule has 8 nitrogen and oxygen atoms in total. The molecule has 0 aliphatic heterocycles. The van der Waals surface area contributed by atoms with Gasteiger partial charge in [0.2, 0.25) is 3.79 Å². The van der Waals surface area contributed by atoms with Crippen LogP contribution in [0.2, 0.25) is 0 Å². The Balaban J connectivity index is 2.03. The van der Waals surface area contributed by atoms with E-state index in [1.807, 2.05) is 6.92 Å². The zero-order chi connectivity index (χ0) is 26.0. The molecular formula is C23H26Cl3N3O5S. The van der Waals surface area contributed by atoms with Gasteiger partial charge in [-0.15, -0.1) is 0 Å². The third-order valence-electron chi connectivity index (χ3n) is 4.63. The van der Waals surface area contributed by atoms with Crippen molar-refractivity contribution in [3.05, 3.63) is 53.6 Å². The average Bonchev–Trinajstić information content (AvgIpc) is 2.83. The fourth-order valence-electron chi connectivity index (χ4n) is 2.77. The van der Waals surface area contributed by atoms with Crippen LogP contribution in [-0.4, -0.2) is 47.8 Å². The first-order valence-electron chi connectivity index (χ1n) is 10.5. The summed E-state index contributed by atoms with van der Waals surface area (Å²) < 4.78 is 13.6. The molecule has 0 aromatic heterocycles. The molecule has 0 fully saturated rings. The summed E-state index contributed by atoms with van der Waals surface area (Å²) in [6.07, 6.45) is 0.559. The minimum Gasteiger partial charge on any atom is -0.493 e. The van der Waals surface area contributed by atoms with Crippen molar-refractivity contribution in [1.29, 1.82) is 0 Å². The maximum absolute atomic E-state index is 12.8. The van der Waals surface area contributed by atoms with Crippen molar-refractivity contribution in [2.24, 2.45) is 0 Å². The summed E-state index contributed by atoms with van der Waals surface area (Å²) in [6, 6.07) is 11.1. The van der Waals surface area contributed by atoms with Gasteiger partial charge in [0, 0.05) is 11.3 Å². The molecule has 0 spiro atoms. The maximum Gasteiger partial charge on any atom is 0.338 e. The number of carbonyl (C=O) groups excluding carboxylic acids is 2. The minimum absolute atomic E-state index is 0.0761. The van der Waals surface area contributed by atoms with Gasteiger partial charge in [-0.2, -0.15) is 0 Å². The topological polar surface area (TPSA) is 97.9 Å². The number of esters is 1. The summed E-state index contributed by atoms with van der Waals surface area (Å²) >= 11 is 23.5. The largest absolute Gasteiger partial charge is 0.493 e. The quantitative estimate of drug-likeness (QED) is 0.121. The van der Waals surface area contributed by atoms with Crippen LogP contribution in [0.5, 0.6) is 11.5 Å². The Morgan fingerprint density at radius 2 is 1.60 bits per heavy atom. The van der Waals surface area contributed by atoms with E-state index in [-0.39, 0.29) is 10.7 Å². The molecule has 12 heteroatoms. The second-order valence-electron chi connectivity index (χ2n) is 7.18. The zero-order valence-corrected chi connectivity index (χ0v) is 22.4. The number of methoxy groups -OCH3 is 2. The fraction of sp³-hybridized carbons (Fsp3) is 0.348. The number of anilines is 1. The number of amides is 1. The van der Waals surface area contributed by atoms with Crippen LogP contribution in [0, 0.1) is 0 Å². The molecule has 2 rings (SSSR count). The lowest BCUT2D eigenvalue weighted by atomic mass is 10.2. The second kappa shape index (κ2) is 13.6. The van der Waals surface area contributed by atoms with E-state index in [0.717, 1.165) is 12.8 Å². The first kappa shape index (κ1) is 28.8. The highest BCUT2D eigenvalue weighted by molar-refractivity contribution is 7.80. The van der Waals surface area contributed by atoms with Gasteiger partial charge in [0.15, 0.2) is 16.6 Å². The van der Waals surface area contributed by atoms with E-state index in [9.17, 15) is 9.59 Å². The Morgan fingerprint density at radius 3 is 2.17 bits per heavy atom. The number of nitrogens with one attached hydrogen (secondary N) is 3. The Hall–Kier alpha value is -2.46. The lowest BCUT2D eigenvalue weighted by molar-refractivity contribution is 0.0499.